The lowest BCUT2D eigenvalue weighted by molar-refractivity contribution is -0.135. The molecule has 7 heteroatoms. The first-order chi connectivity index (χ1) is 11.2. The molecule has 2 amide bonds. The third kappa shape index (κ3) is 3.89. The van der Waals surface area contributed by atoms with Crippen molar-refractivity contribution in [2.75, 3.05) is 13.1 Å². The molecule has 3 rings (SSSR count). The number of carbonyl (C=O) groups is 2. The van der Waals surface area contributed by atoms with Gasteiger partial charge in [0.1, 0.15) is 12.2 Å². The highest BCUT2D eigenvalue weighted by Crippen LogP contribution is 2.40. The van der Waals surface area contributed by atoms with Crippen LogP contribution in [0.5, 0.6) is 0 Å². The SMILES string of the molecule is CCn1ncnc1C(NC(=O)CN1CCCCCC1=O)C1CC1. The van der Waals surface area contributed by atoms with Crippen molar-refractivity contribution in [3.63, 3.8) is 0 Å². The summed E-state index contributed by atoms with van der Waals surface area (Å²) in [7, 11) is 0. The average Bonchev–Trinajstić information content (AvgIpc) is 3.30. The molecular formula is C16H25N5O2. The van der Waals surface area contributed by atoms with Gasteiger partial charge in [-0.2, -0.15) is 5.10 Å². The van der Waals surface area contributed by atoms with Gasteiger partial charge in [0.2, 0.25) is 11.8 Å². The number of aryl methyl sites for hydroxylation is 1. The summed E-state index contributed by atoms with van der Waals surface area (Å²) in [5.41, 5.74) is 0. The minimum atomic E-state index is -0.0946. The third-order valence-corrected chi connectivity index (χ3v) is 4.64. The molecule has 0 spiro atoms. The Kier molecular flexibility index (Phi) is 4.93. The molecule has 7 nitrogen and oxygen atoms in total. The maximum absolute atomic E-state index is 12.4. The number of likely N-dealkylation sites (tertiary alicyclic amines) is 1. The average molecular weight is 319 g/mol. The molecule has 1 aliphatic heterocycles. The molecule has 1 saturated heterocycles. The van der Waals surface area contributed by atoms with E-state index in [9.17, 15) is 9.59 Å². The van der Waals surface area contributed by atoms with E-state index in [4.69, 9.17) is 0 Å². The Morgan fingerprint density at radius 2 is 2.22 bits per heavy atom. The van der Waals surface area contributed by atoms with Crippen molar-refractivity contribution in [2.45, 2.75) is 58.0 Å². The molecule has 1 atom stereocenters. The van der Waals surface area contributed by atoms with E-state index in [1.165, 1.54) is 0 Å². The zero-order valence-electron chi connectivity index (χ0n) is 13.7. The molecule has 0 radical (unpaired) electrons. The van der Waals surface area contributed by atoms with E-state index in [-0.39, 0.29) is 24.4 Å². The van der Waals surface area contributed by atoms with E-state index in [1.54, 1.807) is 11.2 Å². The minimum Gasteiger partial charge on any atom is -0.344 e. The van der Waals surface area contributed by atoms with Crippen molar-refractivity contribution in [3.05, 3.63) is 12.2 Å². The second kappa shape index (κ2) is 7.10. The number of hydrogen-bond acceptors (Lipinski definition) is 4. The maximum atomic E-state index is 12.4. The normalized spacial score (nSPS) is 20.2. The second-order valence-corrected chi connectivity index (χ2v) is 6.44. The van der Waals surface area contributed by atoms with Crippen LogP contribution in [-0.2, 0) is 16.1 Å². The fraction of sp³-hybridized carbons (Fsp3) is 0.750. The first-order valence-electron chi connectivity index (χ1n) is 8.64. The zero-order valence-corrected chi connectivity index (χ0v) is 13.7. The molecule has 126 valence electrons. The summed E-state index contributed by atoms with van der Waals surface area (Å²) in [6.07, 6.45) is 7.28. The van der Waals surface area contributed by atoms with E-state index in [0.29, 0.717) is 18.9 Å². The van der Waals surface area contributed by atoms with Crippen LogP contribution in [0.25, 0.3) is 0 Å². The standard InChI is InChI=1S/C16H25N5O2/c1-2-21-16(17-11-18-21)15(12-7-8-12)19-13(22)10-20-9-5-3-4-6-14(20)23/h11-12,15H,2-10H2,1H3,(H,19,22). The predicted octanol–water partition coefficient (Wildman–Crippen LogP) is 1.27. The van der Waals surface area contributed by atoms with E-state index in [0.717, 1.165) is 44.5 Å². The zero-order chi connectivity index (χ0) is 16.2. The number of rotatable bonds is 6. The van der Waals surface area contributed by atoms with E-state index < -0.39 is 0 Å². The fourth-order valence-corrected chi connectivity index (χ4v) is 3.18. The van der Waals surface area contributed by atoms with Crippen molar-refractivity contribution in [3.8, 4) is 0 Å². The Bertz CT molecular complexity index is 567. The summed E-state index contributed by atoms with van der Waals surface area (Å²) in [6, 6.07) is -0.0907. The van der Waals surface area contributed by atoms with Gasteiger partial charge in [-0.05, 0) is 38.5 Å². The number of amides is 2. The lowest BCUT2D eigenvalue weighted by atomic mass is 10.1. The summed E-state index contributed by atoms with van der Waals surface area (Å²) in [4.78, 5) is 30.5. The van der Waals surface area contributed by atoms with Crippen LogP contribution in [0.4, 0.5) is 0 Å². The summed E-state index contributed by atoms with van der Waals surface area (Å²) < 4.78 is 1.83. The Morgan fingerprint density at radius 3 is 2.96 bits per heavy atom. The lowest BCUT2D eigenvalue weighted by Gasteiger charge is -2.23. The molecule has 2 fully saturated rings. The van der Waals surface area contributed by atoms with Crippen LogP contribution < -0.4 is 5.32 Å². The first-order valence-corrected chi connectivity index (χ1v) is 8.64. The van der Waals surface area contributed by atoms with Crippen molar-refractivity contribution < 1.29 is 9.59 Å². The van der Waals surface area contributed by atoms with Gasteiger partial charge < -0.3 is 10.2 Å². The Labute approximate surface area is 136 Å². The van der Waals surface area contributed by atoms with Crippen LogP contribution >= 0.6 is 0 Å². The van der Waals surface area contributed by atoms with Crippen LogP contribution in [0.15, 0.2) is 6.33 Å². The molecule has 2 heterocycles. The molecule has 0 bridgehead atoms. The number of aromatic nitrogens is 3. The third-order valence-electron chi connectivity index (χ3n) is 4.64. The number of nitrogens with zero attached hydrogens (tertiary/aromatic N) is 4. The molecular weight excluding hydrogens is 294 g/mol. The van der Waals surface area contributed by atoms with Gasteiger partial charge in [0.25, 0.3) is 0 Å². The molecule has 1 aliphatic carbocycles. The molecule has 1 aromatic rings. The predicted molar refractivity (Wildman–Crippen MR) is 84.4 cm³/mol. The Balaban J connectivity index is 1.63. The quantitative estimate of drug-likeness (QED) is 0.856. The van der Waals surface area contributed by atoms with Gasteiger partial charge in [-0.3, -0.25) is 9.59 Å². The van der Waals surface area contributed by atoms with Crippen LogP contribution in [0.3, 0.4) is 0 Å². The lowest BCUT2D eigenvalue weighted by Crippen LogP contribution is -2.42. The molecule has 0 aromatic carbocycles. The fourth-order valence-electron chi connectivity index (χ4n) is 3.18. The smallest absolute Gasteiger partial charge is 0.240 e. The van der Waals surface area contributed by atoms with Crippen LogP contribution in [0, 0.1) is 5.92 Å². The maximum Gasteiger partial charge on any atom is 0.240 e. The summed E-state index contributed by atoms with van der Waals surface area (Å²) in [5.74, 6) is 1.26. The molecule has 1 aromatic heterocycles. The van der Waals surface area contributed by atoms with Gasteiger partial charge in [-0.1, -0.05) is 6.42 Å². The van der Waals surface area contributed by atoms with Crippen molar-refractivity contribution >= 4 is 11.8 Å². The van der Waals surface area contributed by atoms with E-state index in [1.807, 2.05) is 11.6 Å². The Hall–Kier alpha value is -1.92. The Morgan fingerprint density at radius 1 is 1.39 bits per heavy atom. The molecule has 1 N–H and O–H groups in total. The van der Waals surface area contributed by atoms with Crippen LogP contribution in [-0.4, -0.2) is 44.6 Å². The van der Waals surface area contributed by atoms with Gasteiger partial charge in [0.15, 0.2) is 0 Å². The number of hydrogen-bond donors (Lipinski definition) is 1. The largest absolute Gasteiger partial charge is 0.344 e. The van der Waals surface area contributed by atoms with E-state index in [2.05, 4.69) is 15.4 Å². The minimum absolute atomic E-state index is 0.0907. The van der Waals surface area contributed by atoms with Gasteiger partial charge in [0.05, 0.1) is 12.6 Å². The number of carbonyl (C=O) groups excluding carboxylic acids is 2. The van der Waals surface area contributed by atoms with Gasteiger partial charge in [0, 0.05) is 19.5 Å². The van der Waals surface area contributed by atoms with Crippen molar-refractivity contribution in [1.29, 1.82) is 0 Å². The van der Waals surface area contributed by atoms with Crippen LogP contribution in [0.2, 0.25) is 0 Å². The molecule has 1 saturated carbocycles. The highest BCUT2D eigenvalue weighted by Gasteiger charge is 2.36. The summed E-state index contributed by atoms with van der Waals surface area (Å²) in [6.45, 7) is 3.59. The van der Waals surface area contributed by atoms with Gasteiger partial charge >= 0.3 is 0 Å². The van der Waals surface area contributed by atoms with E-state index >= 15 is 0 Å². The molecule has 2 aliphatic rings. The number of nitrogens with one attached hydrogen (secondary N) is 1. The van der Waals surface area contributed by atoms with Crippen molar-refractivity contribution in [1.82, 2.24) is 25.0 Å². The summed E-state index contributed by atoms with van der Waals surface area (Å²) >= 11 is 0. The first kappa shape index (κ1) is 16.0. The summed E-state index contributed by atoms with van der Waals surface area (Å²) in [5, 5.41) is 7.29. The van der Waals surface area contributed by atoms with Crippen LogP contribution in [0.1, 0.15) is 57.3 Å². The van der Waals surface area contributed by atoms with Gasteiger partial charge in [-0.15, -0.1) is 0 Å². The monoisotopic (exact) mass is 319 g/mol. The van der Waals surface area contributed by atoms with Gasteiger partial charge in [-0.25, -0.2) is 9.67 Å². The molecule has 23 heavy (non-hydrogen) atoms. The topological polar surface area (TPSA) is 80.1 Å². The highest BCUT2D eigenvalue weighted by atomic mass is 16.2. The molecule has 1 unspecified atom stereocenters. The highest BCUT2D eigenvalue weighted by molar-refractivity contribution is 5.85. The van der Waals surface area contributed by atoms with Crippen molar-refractivity contribution in [2.24, 2.45) is 5.92 Å². The second-order valence-electron chi connectivity index (χ2n) is 6.44.